The van der Waals surface area contributed by atoms with Crippen LogP contribution in [0.1, 0.15) is 35.3 Å². The molecule has 2 aliphatic rings. The highest BCUT2D eigenvalue weighted by Gasteiger charge is 2.23. The second kappa shape index (κ2) is 14.8. The maximum Gasteiger partial charge on any atom is 0.274 e. The Labute approximate surface area is 275 Å². The predicted octanol–water partition coefficient (Wildman–Crippen LogP) is 3.70. The van der Waals surface area contributed by atoms with Crippen molar-refractivity contribution in [3.63, 3.8) is 0 Å². The van der Waals surface area contributed by atoms with Crippen LogP contribution in [0.5, 0.6) is 0 Å². The van der Waals surface area contributed by atoms with Gasteiger partial charge >= 0.3 is 0 Å². The van der Waals surface area contributed by atoms with Crippen molar-refractivity contribution in [3.8, 4) is 11.3 Å². The third kappa shape index (κ3) is 8.20. The molecule has 12 nitrogen and oxygen atoms in total. The minimum atomic E-state index is -0.268. The second-order valence-electron chi connectivity index (χ2n) is 12.5. The lowest BCUT2D eigenvalue weighted by Gasteiger charge is -2.33. The van der Waals surface area contributed by atoms with E-state index in [0.29, 0.717) is 43.1 Å². The van der Waals surface area contributed by atoms with Gasteiger partial charge in [0.15, 0.2) is 0 Å². The summed E-state index contributed by atoms with van der Waals surface area (Å²) in [5.41, 5.74) is 5.33. The SMILES string of the molecule is C=C(CCN(C)C)C(=O)N[C@@H]1CCCN(Cc2ccnc(C(=O)Nc3ccc(-c4cc5c(N6CCOCC6)ncnc5[nH]4)cc3)c2)C1. The molecule has 12 heteroatoms. The molecule has 0 spiro atoms. The van der Waals surface area contributed by atoms with Gasteiger partial charge in [-0.2, -0.15) is 0 Å². The summed E-state index contributed by atoms with van der Waals surface area (Å²) in [5.74, 6) is 0.572. The first-order valence-corrected chi connectivity index (χ1v) is 16.2. The van der Waals surface area contributed by atoms with Crippen molar-refractivity contribution >= 4 is 34.4 Å². The van der Waals surface area contributed by atoms with E-state index in [1.54, 1.807) is 12.5 Å². The van der Waals surface area contributed by atoms with Crippen LogP contribution < -0.4 is 15.5 Å². The fourth-order valence-electron chi connectivity index (χ4n) is 6.07. The number of hydrogen-bond acceptors (Lipinski definition) is 9. The van der Waals surface area contributed by atoms with E-state index in [-0.39, 0.29) is 17.9 Å². The van der Waals surface area contributed by atoms with E-state index in [2.05, 4.69) is 53.0 Å². The van der Waals surface area contributed by atoms with Crippen LogP contribution in [0.25, 0.3) is 22.3 Å². The lowest BCUT2D eigenvalue weighted by atomic mass is 10.0. The number of carbonyl (C=O) groups excluding carboxylic acids is 2. The maximum absolute atomic E-state index is 13.2. The Morgan fingerprint density at radius 3 is 2.66 bits per heavy atom. The number of fused-ring (bicyclic) bond motifs is 1. The van der Waals surface area contributed by atoms with Gasteiger partial charge in [0, 0.05) is 61.9 Å². The van der Waals surface area contributed by atoms with Crippen molar-refractivity contribution in [2.75, 3.05) is 70.2 Å². The number of nitrogens with one attached hydrogen (secondary N) is 3. The zero-order chi connectivity index (χ0) is 32.8. The number of pyridine rings is 1. The zero-order valence-electron chi connectivity index (χ0n) is 27.2. The van der Waals surface area contributed by atoms with Crippen molar-refractivity contribution in [3.05, 3.63) is 78.4 Å². The number of carbonyl (C=O) groups is 2. The predicted molar refractivity (Wildman–Crippen MR) is 183 cm³/mol. The van der Waals surface area contributed by atoms with Crippen LogP contribution in [-0.4, -0.2) is 108 Å². The molecule has 2 aliphatic heterocycles. The number of aromatic amines is 1. The Morgan fingerprint density at radius 1 is 1.06 bits per heavy atom. The van der Waals surface area contributed by atoms with Crippen LogP contribution in [0.4, 0.5) is 11.5 Å². The van der Waals surface area contributed by atoms with Crippen molar-refractivity contribution in [1.29, 1.82) is 0 Å². The fourth-order valence-corrected chi connectivity index (χ4v) is 6.07. The number of nitrogens with zero attached hydrogens (tertiary/aromatic N) is 6. The molecule has 2 amide bonds. The zero-order valence-corrected chi connectivity index (χ0v) is 27.2. The minimum Gasteiger partial charge on any atom is -0.378 e. The third-order valence-electron chi connectivity index (χ3n) is 8.65. The van der Waals surface area contributed by atoms with Gasteiger partial charge in [-0.3, -0.25) is 19.5 Å². The highest BCUT2D eigenvalue weighted by atomic mass is 16.5. The highest BCUT2D eigenvalue weighted by Crippen LogP contribution is 2.30. The smallest absolute Gasteiger partial charge is 0.274 e. The first-order valence-electron chi connectivity index (χ1n) is 16.2. The number of ether oxygens (including phenoxy) is 1. The van der Waals surface area contributed by atoms with Gasteiger partial charge in [0.25, 0.3) is 5.91 Å². The molecule has 47 heavy (non-hydrogen) atoms. The van der Waals surface area contributed by atoms with Crippen LogP contribution in [0.3, 0.4) is 0 Å². The number of H-pyrrole nitrogens is 1. The Kier molecular flexibility index (Phi) is 10.2. The van der Waals surface area contributed by atoms with Gasteiger partial charge in [-0.1, -0.05) is 18.7 Å². The highest BCUT2D eigenvalue weighted by molar-refractivity contribution is 6.03. The first kappa shape index (κ1) is 32.3. The van der Waals surface area contributed by atoms with Crippen LogP contribution in [0.15, 0.2) is 67.1 Å². The van der Waals surface area contributed by atoms with Crippen molar-refractivity contribution < 1.29 is 14.3 Å². The van der Waals surface area contributed by atoms with Gasteiger partial charge in [0.2, 0.25) is 5.91 Å². The Bertz CT molecular complexity index is 1710. The van der Waals surface area contributed by atoms with Gasteiger partial charge in [0.05, 0.1) is 18.6 Å². The summed E-state index contributed by atoms with van der Waals surface area (Å²) in [6.07, 6.45) is 5.85. The fraction of sp³-hybridized carbons (Fsp3) is 0.400. The molecule has 1 atom stereocenters. The molecule has 1 aromatic carbocycles. The largest absolute Gasteiger partial charge is 0.378 e. The molecule has 246 valence electrons. The number of benzene rings is 1. The number of anilines is 2. The van der Waals surface area contributed by atoms with Crippen LogP contribution in [-0.2, 0) is 16.1 Å². The molecular weight excluding hydrogens is 594 g/mol. The summed E-state index contributed by atoms with van der Waals surface area (Å²) in [6, 6.07) is 13.6. The molecule has 2 fully saturated rings. The quantitative estimate of drug-likeness (QED) is 0.211. The standard InChI is InChI=1S/C35H43N9O3/c1-24(11-14-42(2)3)34(45)40-28-5-4-13-43(22-28)21-25-10-12-36-31(19-25)35(46)39-27-8-6-26(7-9-27)30-20-29-32(41-30)37-23-38-33(29)44-15-17-47-18-16-44/h6-10,12,19-20,23,28H,1,4-5,11,13-18,21-22H2,2-3H3,(H,39,46)(H,40,45)(H,37,38,41)/t28-/m1/s1. The number of aromatic nitrogens is 4. The Morgan fingerprint density at radius 2 is 1.87 bits per heavy atom. The molecule has 0 radical (unpaired) electrons. The van der Waals surface area contributed by atoms with Gasteiger partial charge in [-0.15, -0.1) is 0 Å². The molecule has 0 bridgehead atoms. The number of piperidine rings is 1. The van der Waals surface area contributed by atoms with E-state index in [4.69, 9.17) is 4.74 Å². The molecule has 3 N–H and O–H groups in total. The molecule has 5 heterocycles. The number of amides is 2. The van der Waals surface area contributed by atoms with E-state index in [1.807, 2.05) is 55.4 Å². The van der Waals surface area contributed by atoms with Gasteiger partial charge < -0.3 is 30.2 Å². The lowest BCUT2D eigenvalue weighted by molar-refractivity contribution is -0.118. The monoisotopic (exact) mass is 637 g/mol. The summed E-state index contributed by atoms with van der Waals surface area (Å²) in [5, 5.41) is 7.11. The minimum absolute atomic E-state index is 0.0665. The molecule has 0 saturated carbocycles. The summed E-state index contributed by atoms with van der Waals surface area (Å²) in [7, 11) is 3.97. The Hall–Kier alpha value is -4.65. The van der Waals surface area contributed by atoms with Gasteiger partial charge in [-0.25, -0.2) is 9.97 Å². The number of rotatable bonds is 11. The summed E-state index contributed by atoms with van der Waals surface area (Å²) in [4.78, 5) is 49.1. The van der Waals surface area contributed by atoms with E-state index in [0.717, 1.165) is 79.2 Å². The first-order chi connectivity index (χ1) is 22.8. The van der Waals surface area contributed by atoms with Crippen LogP contribution in [0, 0.1) is 0 Å². The molecule has 0 aliphatic carbocycles. The molecule has 6 rings (SSSR count). The number of likely N-dealkylation sites (tertiary alicyclic amines) is 1. The summed E-state index contributed by atoms with van der Waals surface area (Å²) in [6.45, 7) is 10.1. The van der Waals surface area contributed by atoms with Crippen LogP contribution >= 0.6 is 0 Å². The molecule has 2 saturated heterocycles. The van der Waals surface area contributed by atoms with E-state index < -0.39 is 0 Å². The summed E-state index contributed by atoms with van der Waals surface area (Å²) < 4.78 is 5.50. The second-order valence-corrected chi connectivity index (χ2v) is 12.5. The van der Waals surface area contributed by atoms with E-state index in [1.165, 1.54) is 0 Å². The average molecular weight is 638 g/mol. The summed E-state index contributed by atoms with van der Waals surface area (Å²) >= 11 is 0. The number of morpholine rings is 1. The van der Waals surface area contributed by atoms with E-state index in [9.17, 15) is 9.59 Å². The number of hydrogen-bond donors (Lipinski definition) is 3. The normalized spacial score (nSPS) is 17.2. The Balaban J connectivity index is 1.05. The van der Waals surface area contributed by atoms with Crippen molar-refractivity contribution in [1.82, 2.24) is 35.1 Å². The topological polar surface area (TPSA) is 132 Å². The molecular formula is C35H43N9O3. The molecule has 3 aromatic heterocycles. The van der Waals surface area contributed by atoms with Crippen molar-refractivity contribution in [2.45, 2.75) is 31.8 Å². The van der Waals surface area contributed by atoms with Crippen LogP contribution in [0.2, 0.25) is 0 Å². The van der Waals surface area contributed by atoms with Crippen molar-refractivity contribution in [2.24, 2.45) is 0 Å². The molecule has 0 unspecified atom stereocenters. The third-order valence-corrected chi connectivity index (χ3v) is 8.65. The lowest BCUT2D eigenvalue weighted by Crippen LogP contribution is -2.47. The maximum atomic E-state index is 13.2. The molecule has 4 aromatic rings. The van der Waals surface area contributed by atoms with E-state index >= 15 is 0 Å². The van der Waals surface area contributed by atoms with Gasteiger partial charge in [0.1, 0.15) is 23.5 Å². The average Bonchev–Trinajstić information content (AvgIpc) is 3.53. The van der Waals surface area contributed by atoms with Gasteiger partial charge in [-0.05, 0) is 81.4 Å².